The number of alkyl halides is 3. The Kier molecular flexibility index (Phi) is 3.91. The smallest absolute Gasteiger partial charge is 0.294 e. The number of benzene rings is 1. The van der Waals surface area contributed by atoms with Gasteiger partial charge in [-0.3, -0.25) is 4.79 Å². The van der Waals surface area contributed by atoms with Gasteiger partial charge >= 0.3 is 6.18 Å². The van der Waals surface area contributed by atoms with Gasteiger partial charge in [0.2, 0.25) is 0 Å². The largest absolute Gasteiger partial charge is 0.417 e. The quantitative estimate of drug-likeness (QED) is 0.582. The van der Waals surface area contributed by atoms with Crippen molar-refractivity contribution in [3.63, 3.8) is 0 Å². The first-order valence-corrected chi connectivity index (χ1v) is 5.18. The second kappa shape index (κ2) is 4.85. The molecule has 0 bridgehead atoms. The van der Waals surface area contributed by atoms with Crippen LogP contribution in [0.25, 0.3) is 0 Å². The van der Waals surface area contributed by atoms with E-state index >= 15 is 0 Å². The molecule has 1 aromatic rings. The van der Waals surface area contributed by atoms with Crippen LogP contribution < -0.4 is 0 Å². The van der Waals surface area contributed by atoms with Crippen molar-refractivity contribution in [1.82, 2.24) is 0 Å². The number of carbonyl (C=O) groups is 1. The molecule has 0 radical (unpaired) electrons. The fraction of sp³-hybridized carbons (Fsp3) is 0.417. The maximum Gasteiger partial charge on any atom is 0.417 e. The lowest BCUT2D eigenvalue weighted by Crippen LogP contribution is -2.18. The van der Waals surface area contributed by atoms with Crippen LogP contribution in [0.2, 0.25) is 0 Å². The molecule has 1 unspecified atom stereocenters. The van der Waals surface area contributed by atoms with E-state index in [0.29, 0.717) is 12.5 Å². The van der Waals surface area contributed by atoms with Gasteiger partial charge in [-0.15, -0.1) is 0 Å². The van der Waals surface area contributed by atoms with Gasteiger partial charge in [0, 0.05) is 11.5 Å². The van der Waals surface area contributed by atoms with Crippen LogP contribution in [-0.2, 0) is 6.18 Å². The summed E-state index contributed by atoms with van der Waals surface area (Å²) < 4.78 is 50.7. The lowest BCUT2D eigenvalue weighted by atomic mass is 9.93. The first kappa shape index (κ1) is 13.7. The second-order valence-electron chi connectivity index (χ2n) is 3.86. The molecule has 0 aliphatic carbocycles. The number of carbonyl (C=O) groups excluding carboxylic acids is 1. The number of hydrogen-bond acceptors (Lipinski definition) is 1. The Morgan fingerprint density at radius 2 is 1.94 bits per heavy atom. The van der Waals surface area contributed by atoms with Crippen molar-refractivity contribution in [3.05, 3.63) is 35.1 Å². The number of hydrogen-bond donors (Lipinski definition) is 0. The Hall–Kier alpha value is -1.39. The lowest BCUT2D eigenvalue weighted by Gasteiger charge is -2.14. The zero-order valence-corrected chi connectivity index (χ0v) is 9.44. The number of halogens is 4. The highest BCUT2D eigenvalue weighted by molar-refractivity contribution is 5.99. The van der Waals surface area contributed by atoms with Crippen molar-refractivity contribution in [2.45, 2.75) is 26.4 Å². The van der Waals surface area contributed by atoms with E-state index in [1.807, 2.05) is 0 Å². The number of ketones is 1. The van der Waals surface area contributed by atoms with Gasteiger partial charge in [-0.05, 0) is 24.6 Å². The average molecular weight is 248 g/mol. The van der Waals surface area contributed by atoms with Gasteiger partial charge in [-0.1, -0.05) is 13.8 Å². The van der Waals surface area contributed by atoms with Crippen molar-refractivity contribution in [1.29, 1.82) is 0 Å². The molecule has 0 fully saturated rings. The van der Waals surface area contributed by atoms with Crippen molar-refractivity contribution in [2.24, 2.45) is 5.92 Å². The van der Waals surface area contributed by atoms with Gasteiger partial charge in [0.1, 0.15) is 5.82 Å². The molecule has 94 valence electrons. The Balaban J connectivity index is 3.29. The summed E-state index contributed by atoms with van der Waals surface area (Å²) in [5.74, 6) is -2.13. The molecule has 1 atom stereocenters. The van der Waals surface area contributed by atoms with Crippen LogP contribution in [-0.4, -0.2) is 5.78 Å². The first-order chi connectivity index (χ1) is 7.77. The molecule has 0 aliphatic rings. The summed E-state index contributed by atoms with van der Waals surface area (Å²) in [6.45, 7) is 3.26. The van der Waals surface area contributed by atoms with Crippen LogP contribution in [0.15, 0.2) is 18.2 Å². The highest BCUT2D eigenvalue weighted by Crippen LogP contribution is 2.33. The van der Waals surface area contributed by atoms with Crippen molar-refractivity contribution >= 4 is 5.78 Å². The minimum absolute atomic E-state index is 0.357. The summed E-state index contributed by atoms with van der Waals surface area (Å²) in [5.41, 5.74) is -1.67. The minimum Gasteiger partial charge on any atom is -0.294 e. The van der Waals surface area contributed by atoms with Crippen molar-refractivity contribution in [2.75, 3.05) is 0 Å². The van der Waals surface area contributed by atoms with Crippen LogP contribution >= 0.6 is 0 Å². The van der Waals surface area contributed by atoms with E-state index in [1.54, 1.807) is 13.8 Å². The highest BCUT2D eigenvalue weighted by Gasteiger charge is 2.36. The molecule has 1 nitrogen and oxygen atoms in total. The van der Waals surface area contributed by atoms with E-state index in [0.717, 1.165) is 12.1 Å². The third-order valence-electron chi connectivity index (χ3n) is 2.61. The molecule has 0 spiro atoms. The van der Waals surface area contributed by atoms with Gasteiger partial charge < -0.3 is 0 Å². The molecule has 0 amide bonds. The van der Waals surface area contributed by atoms with Crippen LogP contribution in [0.5, 0.6) is 0 Å². The summed E-state index contributed by atoms with van der Waals surface area (Å²) >= 11 is 0. The topological polar surface area (TPSA) is 17.1 Å². The third-order valence-corrected chi connectivity index (χ3v) is 2.61. The van der Waals surface area contributed by atoms with E-state index in [2.05, 4.69) is 0 Å². The SMILES string of the molecule is CCC(C)C(=O)c1ccc(F)cc1C(F)(F)F. The van der Waals surface area contributed by atoms with Gasteiger partial charge in [0.25, 0.3) is 0 Å². The van der Waals surface area contributed by atoms with Crippen LogP contribution in [0.1, 0.15) is 36.2 Å². The van der Waals surface area contributed by atoms with Crippen LogP contribution in [0.4, 0.5) is 17.6 Å². The van der Waals surface area contributed by atoms with Crippen molar-refractivity contribution in [3.8, 4) is 0 Å². The predicted molar refractivity (Wildman–Crippen MR) is 55.2 cm³/mol. The summed E-state index contributed by atoms with van der Waals surface area (Å²) in [6, 6.07) is 2.12. The fourth-order valence-electron chi connectivity index (χ4n) is 1.42. The van der Waals surface area contributed by atoms with Crippen LogP contribution in [0.3, 0.4) is 0 Å². The number of Topliss-reactive ketones (excluding diaryl/α,β-unsaturated/α-hetero) is 1. The molecule has 1 aromatic carbocycles. The van der Waals surface area contributed by atoms with E-state index in [-0.39, 0.29) is 0 Å². The first-order valence-electron chi connectivity index (χ1n) is 5.18. The molecule has 0 N–H and O–H groups in total. The molecule has 1 rings (SSSR count). The van der Waals surface area contributed by atoms with Gasteiger partial charge in [0.15, 0.2) is 5.78 Å². The monoisotopic (exact) mass is 248 g/mol. The van der Waals surface area contributed by atoms with Crippen molar-refractivity contribution < 1.29 is 22.4 Å². The van der Waals surface area contributed by atoms with Crippen LogP contribution in [0, 0.1) is 11.7 Å². The number of rotatable bonds is 3. The van der Waals surface area contributed by atoms with Gasteiger partial charge in [-0.2, -0.15) is 13.2 Å². The van der Waals surface area contributed by atoms with E-state index in [4.69, 9.17) is 0 Å². The fourth-order valence-corrected chi connectivity index (χ4v) is 1.42. The Morgan fingerprint density at radius 1 is 1.35 bits per heavy atom. The molecule has 0 aliphatic heterocycles. The summed E-state index contributed by atoms with van der Waals surface area (Å²) in [6.07, 6.45) is -4.28. The normalized spacial score (nSPS) is 13.5. The third kappa shape index (κ3) is 3.05. The molecular weight excluding hydrogens is 236 g/mol. The summed E-state index contributed by atoms with van der Waals surface area (Å²) in [5, 5.41) is 0. The second-order valence-corrected chi connectivity index (χ2v) is 3.86. The molecule has 5 heteroatoms. The standard InChI is InChI=1S/C12H12F4O/c1-3-7(2)11(17)9-5-4-8(13)6-10(9)12(14,15)16/h4-7H,3H2,1-2H3. The summed E-state index contributed by atoms with van der Waals surface area (Å²) in [4.78, 5) is 11.7. The Bertz CT molecular complexity index is 423. The predicted octanol–water partition coefficient (Wildman–Crippen LogP) is 4.07. The molecule has 0 saturated heterocycles. The molecule has 0 aromatic heterocycles. The Morgan fingerprint density at radius 3 is 2.41 bits per heavy atom. The maximum atomic E-state index is 12.8. The van der Waals surface area contributed by atoms with Gasteiger partial charge in [-0.25, -0.2) is 4.39 Å². The van der Waals surface area contributed by atoms with E-state index in [9.17, 15) is 22.4 Å². The summed E-state index contributed by atoms with van der Waals surface area (Å²) in [7, 11) is 0. The molecule has 17 heavy (non-hydrogen) atoms. The lowest BCUT2D eigenvalue weighted by molar-refractivity contribution is -0.138. The van der Waals surface area contributed by atoms with E-state index in [1.165, 1.54) is 0 Å². The molecular formula is C12H12F4O. The molecule has 0 saturated carbocycles. The zero-order chi connectivity index (χ0) is 13.2. The molecule has 0 heterocycles. The maximum absolute atomic E-state index is 12.8. The Labute approximate surface area is 96.4 Å². The van der Waals surface area contributed by atoms with Gasteiger partial charge in [0.05, 0.1) is 5.56 Å². The zero-order valence-electron chi connectivity index (χ0n) is 9.44. The van der Waals surface area contributed by atoms with E-state index < -0.39 is 34.8 Å². The highest BCUT2D eigenvalue weighted by atomic mass is 19.4. The average Bonchev–Trinajstić information content (AvgIpc) is 2.25. The minimum atomic E-state index is -4.72.